The molecule has 0 saturated heterocycles. The molecule has 0 heterocycles. The van der Waals surface area contributed by atoms with Crippen LogP contribution in [0.15, 0.2) is 30.3 Å². The Morgan fingerprint density at radius 1 is 1.21 bits per heavy atom. The molecular weight excluding hydrogens is 310 g/mol. The highest BCUT2D eigenvalue weighted by Gasteiger charge is 2.24. The van der Waals surface area contributed by atoms with E-state index in [0.717, 1.165) is 5.56 Å². The standard InChI is InChI=1S/C18H25NO5/c1-14(12-20)19(11-10-16(21)24-18(2,3)4)17(22)23-13-15-8-6-5-7-9-15/h5-9,12,14H,10-11,13H2,1-4H3/t14-/m1/s1. The molecule has 132 valence electrons. The summed E-state index contributed by atoms with van der Waals surface area (Å²) >= 11 is 0. The first-order valence-corrected chi connectivity index (χ1v) is 7.87. The summed E-state index contributed by atoms with van der Waals surface area (Å²) in [5.74, 6) is -0.429. The topological polar surface area (TPSA) is 72.9 Å². The van der Waals surface area contributed by atoms with Gasteiger partial charge in [-0.1, -0.05) is 30.3 Å². The van der Waals surface area contributed by atoms with Crippen LogP contribution in [0.1, 0.15) is 39.7 Å². The van der Waals surface area contributed by atoms with E-state index in [1.165, 1.54) is 4.90 Å². The fraction of sp³-hybridized carbons (Fsp3) is 0.500. The van der Waals surface area contributed by atoms with Crippen LogP contribution in [0.5, 0.6) is 0 Å². The molecule has 0 spiro atoms. The number of hydrogen-bond donors (Lipinski definition) is 0. The predicted molar refractivity (Wildman–Crippen MR) is 89.3 cm³/mol. The zero-order valence-electron chi connectivity index (χ0n) is 14.7. The van der Waals surface area contributed by atoms with Crippen molar-refractivity contribution < 1.29 is 23.9 Å². The number of rotatable bonds is 7. The number of nitrogens with zero attached hydrogens (tertiary/aromatic N) is 1. The third-order valence-corrected chi connectivity index (χ3v) is 3.11. The molecule has 1 rings (SSSR count). The summed E-state index contributed by atoms with van der Waals surface area (Å²) in [5, 5.41) is 0. The van der Waals surface area contributed by atoms with E-state index in [1.54, 1.807) is 27.7 Å². The molecule has 1 amide bonds. The lowest BCUT2D eigenvalue weighted by atomic mass is 10.2. The van der Waals surface area contributed by atoms with E-state index in [2.05, 4.69) is 0 Å². The largest absolute Gasteiger partial charge is 0.460 e. The molecule has 0 aliphatic carbocycles. The van der Waals surface area contributed by atoms with Gasteiger partial charge in [-0.25, -0.2) is 4.79 Å². The molecule has 1 atom stereocenters. The quantitative estimate of drug-likeness (QED) is 0.566. The smallest absolute Gasteiger partial charge is 0.410 e. The van der Waals surface area contributed by atoms with Crippen molar-refractivity contribution in [2.24, 2.45) is 0 Å². The minimum absolute atomic E-state index is 0.00408. The second kappa shape index (κ2) is 9.05. The van der Waals surface area contributed by atoms with Crippen LogP contribution >= 0.6 is 0 Å². The number of amides is 1. The van der Waals surface area contributed by atoms with Gasteiger partial charge >= 0.3 is 12.1 Å². The van der Waals surface area contributed by atoms with Gasteiger partial charge in [0.05, 0.1) is 12.5 Å². The van der Waals surface area contributed by atoms with Crippen molar-refractivity contribution in [2.75, 3.05) is 6.54 Å². The second-order valence-electron chi connectivity index (χ2n) is 6.45. The van der Waals surface area contributed by atoms with Gasteiger partial charge in [0.2, 0.25) is 0 Å². The summed E-state index contributed by atoms with van der Waals surface area (Å²) < 4.78 is 10.4. The fourth-order valence-corrected chi connectivity index (χ4v) is 1.94. The molecule has 0 fully saturated rings. The lowest BCUT2D eigenvalue weighted by molar-refractivity contribution is -0.155. The van der Waals surface area contributed by atoms with Gasteiger partial charge in [-0.3, -0.25) is 9.69 Å². The van der Waals surface area contributed by atoms with E-state index in [1.807, 2.05) is 30.3 Å². The van der Waals surface area contributed by atoms with E-state index in [4.69, 9.17) is 9.47 Å². The molecule has 0 aliphatic heterocycles. The van der Waals surface area contributed by atoms with E-state index in [9.17, 15) is 14.4 Å². The molecule has 0 aliphatic rings. The first-order chi connectivity index (χ1) is 11.2. The average molecular weight is 335 g/mol. The highest BCUT2D eigenvalue weighted by atomic mass is 16.6. The van der Waals surface area contributed by atoms with Gasteiger partial charge in [0, 0.05) is 6.54 Å². The zero-order chi connectivity index (χ0) is 18.2. The Morgan fingerprint density at radius 2 is 1.83 bits per heavy atom. The molecule has 6 nitrogen and oxygen atoms in total. The minimum Gasteiger partial charge on any atom is -0.460 e. The normalized spacial score (nSPS) is 12.2. The molecule has 1 aromatic rings. The number of carbonyl (C=O) groups is 3. The SMILES string of the molecule is C[C@H](C=O)N(CCC(=O)OC(C)(C)C)C(=O)OCc1ccccc1. The number of carbonyl (C=O) groups excluding carboxylic acids is 3. The van der Waals surface area contributed by atoms with E-state index >= 15 is 0 Å². The van der Waals surface area contributed by atoms with Crippen LogP contribution in [-0.2, 0) is 25.7 Å². The Hall–Kier alpha value is -2.37. The molecular formula is C18H25NO5. The van der Waals surface area contributed by atoms with E-state index in [-0.39, 0.29) is 19.6 Å². The Bertz CT molecular complexity index is 550. The van der Waals surface area contributed by atoms with E-state index in [0.29, 0.717) is 6.29 Å². The van der Waals surface area contributed by atoms with Crippen molar-refractivity contribution in [3.8, 4) is 0 Å². The second-order valence-corrected chi connectivity index (χ2v) is 6.45. The van der Waals surface area contributed by atoms with Crippen LogP contribution in [0.3, 0.4) is 0 Å². The Labute approximate surface area is 142 Å². The lowest BCUT2D eigenvalue weighted by Gasteiger charge is -2.26. The average Bonchev–Trinajstić information content (AvgIpc) is 2.52. The highest BCUT2D eigenvalue weighted by molar-refractivity contribution is 5.75. The van der Waals surface area contributed by atoms with Crippen LogP contribution in [0.2, 0.25) is 0 Å². The lowest BCUT2D eigenvalue weighted by Crippen LogP contribution is -2.41. The maximum Gasteiger partial charge on any atom is 0.410 e. The maximum absolute atomic E-state index is 12.2. The van der Waals surface area contributed by atoms with Crippen LogP contribution in [0, 0.1) is 0 Å². The molecule has 1 aromatic carbocycles. The Balaban J connectivity index is 2.59. The molecule has 0 saturated carbocycles. The van der Waals surface area contributed by atoms with Crippen LogP contribution < -0.4 is 0 Å². The van der Waals surface area contributed by atoms with Gasteiger partial charge in [0.25, 0.3) is 0 Å². The van der Waals surface area contributed by atoms with Crippen LogP contribution in [0.25, 0.3) is 0 Å². The van der Waals surface area contributed by atoms with Crippen molar-refractivity contribution in [3.05, 3.63) is 35.9 Å². The monoisotopic (exact) mass is 335 g/mol. The van der Waals surface area contributed by atoms with Gasteiger partial charge in [0.15, 0.2) is 0 Å². The number of ether oxygens (including phenoxy) is 2. The summed E-state index contributed by atoms with van der Waals surface area (Å²) in [5.41, 5.74) is 0.253. The summed E-state index contributed by atoms with van der Waals surface area (Å²) in [7, 11) is 0. The summed E-state index contributed by atoms with van der Waals surface area (Å²) in [6.07, 6.45) is -0.00334. The number of benzene rings is 1. The van der Waals surface area contributed by atoms with Gasteiger partial charge in [-0.2, -0.15) is 0 Å². The van der Waals surface area contributed by atoms with E-state index < -0.39 is 23.7 Å². The zero-order valence-corrected chi connectivity index (χ0v) is 14.7. The Morgan fingerprint density at radius 3 is 2.38 bits per heavy atom. The summed E-state index contributed by atoms with van der Waals surface area (Å²) in [6, 6.07) is 8.54. The number of hydrogen-bond acceptors (Lipinski definition) is 5. The molecule has 6 heteroatoms. The van der Waals surface area contributed by atoms with Gasteiger partial charge < -0.3 is 14.3 Å². The number of esters is 1. The summed E-state index contributed by atoms with van der Waals surface area (Å²) in [4.78, 5) is 36.2. The van der Waals surface area contributed by atoms with Crippen molar-refractivity contribution in [1.82, 2.24) is 4.90 Å². The molecule has 24 heavy (non-hydrogen) atoms. The predicted octanol–water partition coefficient (Wildman–Crippen LogP) is 2.94. The summed E-state index contributed by atoms with van der Waals surface area (Å²) in [6.45, 7) is 7.04. The molecule has 0 bridgehead atoms. The third-order valence-electron chi connectivity index (χ3n) is 3.11. The first kappa shape index (κ1) is 19.7. The molecule has 0 aromatic heterocycles. The van der Waals surface area contributed by atoms with Crippen molar-refractivity contribution in [1.29, 1.82) is 0 Å². The Kier molecular flexibility index (Phi) is 7.42. The van der Waals surface area contributed by atoms with Crippen LogP contribution in [-0.4, -0.2) is 41.4 Å². The third kappa shape index (κ3) is 7.26. The first-order valence-electron chi connectivity index (χ1n) is 7.87. The molecule has 0 N–H and O–H groups in total. The number of aldehydes is 1. The van der Waals surface area contributed by atoms with Crippen molar-refractivity contribution in [3.63, 3.8) is 0 Å². The highest BCUT2D eigenvalue weighted by Crippen LogP contribution is 2.10. The van der Waals surface area contributed by atoms with Crippen molar-refractivity contribution in [2.45, 2.75) is 52.4 Å². The van der Waals surface area contributed by atoms with Gasteiger partial charge in [-0.05, 0) is 33.3 Å². The minimum atomic E-state index is -0.685. The molecule has 0 unspecified atom stereocenters. The van der Waals surface area contributed by atoms with Gasteiger partial charge in [0.1, 0.15) is 18.5 Å². The molecule has 0 radical (unpaired) electrons. The fourth-order valence-electron chi connectivity index (χ4n) is 1.94. The van der Waals surface area contributed by atoms with Crippen LogP contribution in [0.4, 0.5) is 4.79 Å². The van der Waals surface area contributed by atoms with Crippen molar-refractivity contribution >= 4 is 18.3 Å². The van der Waals surface area contributed by atoms with Gasteiger partial charge in [-0.15, -0.1) is 0 Å². The maximum atomic E-state index is 12.2.